The maximum absolute atomic E-state index is 14.4. The van der Waals surface area contributed by atoms with Crippen LogP contribution in [0.1, 0.15) is 55.2 Å². The first-order valence-electron chi connectivity index (χ1n) is 28.9. The molecule has 30 heteroatoms. The summed E-state index contributed by atoms with van der Waals surface area (Å²) in [5.41, 5.74) is 8.25. The van der Waals surface area contributed by atoms with E-state index in [9.17, 15) is 58.5 Å². The number of aromatic hydroxyl groups is 1. The highest BCUT2D eigenvalue weighted by Gasteiger charge is 2.28. The fourth-order valence-corrected chi connectivity index (χ4v) is 8.14. The van der Waals surface area contributed by atoms with E-state index >= 15 is 0 Å². The number of hydrogen-bond donors (Lipinski definition) is 14. The van der Waals surface area contributed by atoms with Gasteiger partial charge < -0.3 is 87.6 Å². The molecule has 3 aromatic carbocycles. The van der Waals surface area contributed by atoms with E-state index in [2.05, 4.69) is 52.8 Å². The summed E-state index contributed by atoms with van der Waals surface area (Å²) in [7, 11) is 0. The number of hydrogen-bond acceptors (Lipinski definition) is 19. The second-order valence-corrected chi connectivity index (χ2v) is 19.6. The molecule has 7 amide bonds. The van der Waals surface area contributed by atoms with E-state index in [1.165, 1.54) is 12.1 Å². The van der Waals surface area contributed by atoms with Crippen LogP contribution < -0.4 is 53.6 Å². The van der Waals surface area contributed by atoms with Gasteiger partial charge in [0, 0.05) is 84.1 Å². The molecule has 0 heterocycles. The molecule has 0 radical (unpaired) electrons. The van der Waals surface area contributed by atoms with Gasteiger partial charge in [-0.15, -0.1) is 0 Å². The zero-order valence-corrected chi connectivity index (χ0v) is 49.8. The molecular formula is C58H87N13O17. The van der Waals surface area contributed by atoms with Gasteiger partial charge in [0.2, 0.25) is 29.5 Å². The van der Waals surface area contributed by atoms with E-state index in [0.29, 0.717) is 55.2 Å². The normalized spacial score (nSPS) is 12.0. The Labute approximate surface area is 511 Å². The number of nitrogens with two attached hydrogens (primary N) is 1. The van der Waals surface area contributed by atoms with Crippen LogP contribution in [0, 0.1) is 0 Å². The quantitative estimate of drug-likeness (QED) is 0.0179. The number of benzene rings is 3. The second kappa shape index (κ2) is 45.0. The number of phenolic OH excluding ortho intramolecular Hbond substituents is 1. The molecule has 0 aliphatic carbocycles. The SMILES string of the molecule is CCC(=O)NCCNC(=O)NC(N)=NCCC[C@@H](NC(=O)[C@@H](c1ccccc1)c1cccc(NC(=O)CCOCCOCCOCCOCCNC(=O)CNCCN(CCN(CCNCC(=O)O)CC(=O)O)CC(=O)O)c1)C(=O)NCc1ccc(O)cc1. The van der Waals surface area contributed by atoms with E-state index in [-0.39, 0.29) is 173 Å². The minimum absolute atomic E-state index is 0.0172. The Morgan fingerprint density at radius 1 is 0.580 bits per heavy atom. The fourth-order valence-electron chi connectivity index (χ4n) is 8.14. The van der Waals surface area contributed by atoms with Gasteiger partial charge in [0.05, 0.1) is 91.4 Å². The molecule has 0 unspecified atom stereocenters. The minimum Gasteiger partial charge on any atom is -0.508 e. The predicted molar refractivity (Wildman–Crippen MR) is 323 cm³/mol. The van der Waals surface area contributed by atoms with Crippen molar-refractivity contribution in [3.63, 3.8) is 0 Å². The Kier molecular flexibility index (Phi) is 37.8. The van der Waals surface area contributed by atoms with Crippen molar-refractivity contribution in [2.24, 2.45) is 10.7 Å². The van der Waals surface area contributed by atoms with Crippen LogP contribution in [0.3, 0.4) is 0 Å². The number of nitrogens with zero attached hydrogens (tertiary/aromatic N) is 3. The Morgan fingerprint density at radius 2 is 1.16 bits per heavy atom. The lowest BCUT2D eigenvalue weighted by Gasteiger charge is -2.26. The molecule has 0 aliphatic heterocycles. The number of aliphatic carboxylic acids is 3. The Hall–Kier alpha value is -8.36. The number of carboxylic acids is 3. The Balaban J connectivity index is 1.35. The van der Waals surface area contributed by atoms with Crippen LogP contribution in [-0.4, -0.2) is 240 Å². The van der Waals surface area contributed by atoms with Gasteiger partial charge in [-0.2, -0.15) is 0 Å². The van der Waals surface area contributed by atoms with Gasteiger partial charge in [0.25, 0.3) is 0 Å². The average Bonchev–Trinajstić information content (AvgIpc) is 1.62. The van der Waals surface area contributed by atoms with Gasteiger partial charge in [0.1, 0.15) is 11.8 Å². The average molecular weight is 1240 g/mol. The van der Waals surface area contributed by atoms with Gasteiger partial charge in [-0.3, -0.25) is 58.5 Å². The third-order valence-corrected chi connectivity index (χ3v) is 12.5. The molecule has 88 heavy (non-hydrogen) atoms. The van der Waals surface area contributed by atoms with Crippen molar-refractivity contribution in [1.29, 1.82) is 0 Å². The van der Waals surface area contributed by atoms with Crippen LogP contribution >= 0.6 is 0 Å². The van der Waals surface area contributed by atoms with E-state index in [0.717, 1.165) is 0 Å². The minimum atomic E-state index is -1.07. The van der Waals surface area contributed by atoms with Crippen LogP contribution in [0.25, 0.3) is 0 Å². The van der Waals surface area contributed by atoms with Gasteiger partial charge in [-0.1, -0.05) is 61.5 Å². The smallest absolute Gasteiger partial charge is 0.321 e. The number of anilines is 1. The Morgan fingerprint density at radius 3 is 1.77 bits per heavy atom. The maximum atomic E-state index is 14.4. The van der Waals surface area contributed by atoms with Gasteiger partial charge >= 0.3 is 23.9 Å². The number of carbonyl (C=O) groups excluding carboxylic acids is 6. The highest BCUT2D eigenvalue weighted by Crippen LogP contribution is 2.28. The molecule has 15 N–H and O–H groups in total. The lowest BCUT2D eigenvalue weighted by molar-refractivity contribution is -0.140. The molecule has 0 saturated heterocycles. The summed E-state index contributed by atoms with van der Waals surface area (Å²) in [5.74, 6) is -5.90. The molecule has 0 spiro atoms. The first-order valence-corrected chi connectivity index (χ1v) is 28.9. The van der Waals surface area contributed by atoms with Crippen LogP contribution in [0.15, 0.2) is 83.9 Å². The van der Waals surface area contributed by atoms with E-state index in [1.54, 1.807) is 77.4 Å². The van der Waals surface area contributed by atoms with Crippen LogP contribution in [-0.2, 0) is 63.8 Å². The van der Waals surface area contributed by atoms with Crippen molar-refractivity contribution < 1.29 is 82.5 Å². The lowest BCUT2D eigenvalue weighted by Crippen LogP contribution is -2.48. The van der Waals surface area contributed by atoms with Crippen molar-refractivity contribution >= 4 is 65.1 Å². The number of phenols is 1. The number of rotatable bonds is 48. The number of nitrogens with one attached hydrogen (secondary N) is 9. The largest absolute Gasteiger partial charge is 0.508 e. The number of amides is 7. The molecular weight excluding hydrogens is 1150 g/mol. The van der Waals surface area contributed by atoms with Crippen molar-refractivity contribution in [3.8, 4) is 5.75 Å². The lowest BCUT2D eigenvalue weighted by atomic mass is 9.89. The monoisotopic (exact) mass is 1240 g/mol. The number of urea groups is 1. The summed E-state index contributed by atoms with van der Waals surface area (Å²) in [4.78, 5) is 118. The molecule has 3 aromatic rings. The van der Waals surface area contributed by atoms with Crippen LogP contribution in [0.2, 0.25) is 0 Å². The van der Waals surface area contributed by atoms with Crippen molar-refractivity contribution in [2.45, 2.75) is 51.1 Å². The summed E-state index contributed by atoms with van der Waals surface area (Å²) in [5, 5.41) is 61.7. The molecule has 0 fully saturated rings. The number of ether oxygens (including phenoxy) is 4. The van der Waals surface area contributed by atoms with E-state index in [4.69, 9.17) is 29.8 Å². The van der Waals surface area contributed by atoms with Gasteiger partial charge in [0.15, 0.2) is 5.96 Å². The number of carboxylic acid groups (broad SMARTS) is 3. The highest BCUT2D eigenvalue weighted by molar-refractivity contribution is 5.95. The summed E-state index contributed by atoms with van der Waals surface area (Å²) < 4.78 is 22.2. The molecule has 0 bridgehead atoms. The molecule has 486 valence electrons. The number of guanidine groups is 1. The Bertz CT molecular complexity index is 2620. The van der Waals surface area contributed by atoms with E-state index < -0.39 is 47.7 Å². The summed E-state index contributed by atoms with van der Waals surface area (Å²) in [6.45, 7) is 5.27. The van der Waals surface area contributed by atoms with Crippen molar-refractivity contribution in [2.75, 3.05) is 150 Å². The van der Waals surface area contributed by atoms with Gasteiger partial charge in [-0.05, 0) is 53.8 Å². The summed E-state index contributed by atoms with van der Waals surface area (Å²) in [6, 6.07) is 20.5. The third kappa shape index (κ3) is 35.3. The van der Waals surface area contributed by atoms with Crippen LogP contribution in [0.5, 0.6) is 5.75 Å². The van der Waals surface area contributed by atoms with Crippen LogP contribution in [0.4, 0.5) is 10.5 Å². The molecule has 30 nitrogen and oxygen atoms in total. The number of aliphatic imine (C=N–C) groups is 1. The van der Waals surface area contributed by atoms with Crippen molar-refractivity contribution in [3.05, 3.63) is 95.6 Å². The first kappa shape index (κ1) is 73.9. The van der Waals surface area contributed by atoms with Gasteiger partial charge in [-0.25, -0.2) is 4.79 Å². The zero-order valence-electron chi connectivity index (χ0n) is 49.8. The molecule has 0 aromatic heterocycles. The first-order chi connectivity index (χ1) is 42.4. The molecule has 0 aliphatic rings. The molecule has 0 saturated carbocycles. The highest BCUT2D eigenvalue weighted by atomic mass is 16.6. The zero-order chi connectivity index (χ0) is 64.2. The topological polar surface area (TPSA) is 425 Å². The molecule has 2 atom stereocenters. The standard InChI is InChI=1S/C58H87N13O17/c1-2-48(73)62-19-20-65-58(84)69-57(59)64-18-7-12-47(55(82)66-37-42-13-15-46(72)16-14-42)68-56(83)54(43-8-4-3-5-9-43)44-10-6-11-45(36-44)67-49(74)17-28-85-30-32-87-34-35-88-33-31-86-29-23-63-50(75)38-60-21-24-70(40-52(78)79)26-27-71(41-53(80)81)25-22-61-39-51(76)77/h3-6,8-11,13-16,36,47,54,60-61,72H,2,7,12,17-35,37-41H2,1H3,(H,62,73)(H,63,75)(H,66,82)(H,67,74)(H,68,83)(H,76,77)(H,78,79)(H,80,81)(H4,59,64,65,69,84)/t47-,54+/m1/s1. The second-order valence-electron chi connectivity index (χ2n) is 19.6. The predicted octanol–water partition coefficient (Wildman–Crippen LogP) is -1.21. The third-order valence-electron chi connectivity index (χ3n) is 12.5. The molecule has 3 rings (SSSR count). The van der Waals surface area contributed by atoms with E-state index in [1.807, 2.05) is 6.07 Å². The van der Waals surface area contributed by atoms with Crippen molar-refractivity contribution in [1.82, 2.24) is 52.3 Å². The number of carbonyl (C=O) groups is 9. The summed E-state index contributed by atoms with van der Waals surface area (Å²) >= 11 is 0. The fraction of sp³-hybridized carbons (Fsp3) is 0.517. The summed E-state index contributed by atoms with van der Waals surface area (Å²) in [6.07, 6.45) is 0.763. The maximum Gasteiger partial charge on any atom is 0.321 e.